The maximum atomic E-state index is 13.5. The maximum absolute atomic E-state index is 13.5. The molecule has 0 saturated carbocycles. The second-order valence-electron chi connectivity index (χ2n) is 9.59. The number of amides is 2. The number of benzene rings is 3. The fraction of sp³-hybridized carbons (Fsp3) is 0.258. The molecule has 1 fully saturated rings. The van der Waals surface area contributed by atoms with Gasteiger partial charge in [0.15, 0.2) is 0 Å². The lowest BCUT2D eigenvalue weighted by atomic mass is 10.0. The normalized spacial score (nSPS) is 14.5. The van der Waals surface area contributed by atoms with Crippen LogP contribution in [0, 0.1) is 11.3 Å². The summed E-state index contributed by atoms with van der Waals surface area (Å²) < 4.78 is 5.45. The molecular weight excluding hydrogens is 504 g/mol. The summed E-state index contributed by atoms with van der Waals surface area (Å²) in [6.45, 7) is 4.71. The fourth-order valence-corrected chi connectivity index (χ4v) is 4.44. The number of ether oxygens (including phenoxy) is 1. The number of anilines is 3. The number of nitrogens with one attached hydrogen (secondary N) is 2. The Morgan fingerprint density at radius 1 is 1.05 bits per heavy atom. The van der Waals surface area contributed by atoms with Crippen LogP contribution in [-0.2, 0) is 14.3 Å². The highest BCUT2D eigenvalue weighted by Crippen LogP contribution is 2.23. The minimum absolute atomic E-state index is 0.169. The molecule has 0 bridgehead atoms. The standard InChI is InChI=1S/C31H34N6O3/c1-36(16-17-37-18-20-40-21-19-37)30(31(39)34-26-13-8-24(22-32)9-14-26)25-11-6-23(7-12-25)10-15-29(38)35-28-5-3-2-4-27(28)33/h2-15,30H,16-21,33H2,1H3,(H,34,39)(H,35,38). The van der Waals surface area contributed by atoms with Gasteiger partial charge < -0.3 is 21.1 Å². The van der Waals surface area contributed by atoms with Crippen LogP contribution in [0.25, 0.3) is 6.08 Å². The zero-order valence-electron chi connectivity index (χ0n) is 22.5. The predicted octanol–water partition coefficient (Wildman–Crippen LogP) is 3.74. The van der Waals surface area contributed by atoms with Crippen molar-refractivity contribution in [1.82, 2.24) is 9.80 Å². The summed E-state index contributed by atoms with van der Waals surface area (Å²) in [6, 6.07) is 23.0. The molecule has 9 heteroatoms. The van der Waals surface area contributed by atoms with E-state index in [-0.39, 0.29) is 11.8 Å². The van der Waals surface area contributed by atoms with Crippen LogP contribution in [0.2, 0.25) is 0 Å². The number of nitrogens with two attached hydrogens (primary N) is 1. The molecule has 1 atom stereocenters. The van der Waals surface area contributed by atoms with Crippen molar-refractivity contribution in [2.45, 2.75) is 6.04 Å². The number of nitrogens with zero attached hydrogens (tertiary/aromatic N) is 3. The lowest BCUT2D eigenvalue weighted by molar-refractivity contribution is -0.121. The van der Waals surface area contributed by atoms with Gasteiger partial charge in [0.05, 0.1) is 36.2 Å². The Labute approximate surface area is 234 Å². The van der Waals surface area contributed by atoms with Crippen LogP contribution < -0.4 is 16.4 Å². The van der Waals surface area contributed by atoms with E-state index >= 15 is 0 Å². The van der Waals surface area contributed by atoms with Gasteiger partial charge in [-0.05, 0) is 60.6 Å². The molecule has 1 saturated heterocycles. The quantitative estimate of drug-likeness (QED) is 0.265. The number of hydrogen-bond acceptors (Lipinski definition) is 7. The molecule has 206 valence electrons. The van der Waals surface area contributed by atoms with E-state index in [1.54, 1.807) is 54.6 Å². The monoisotopic (exact) mass is 538 g/mol. The van der Waals surface area contributed by atoms with Gasteiger partial charge in [-0.2, -0.15) is 5.26 Å². The number of nitriles is 1. The molecule has 1 aliphatic heterocycles. The molecule has 40 heavy (non-hydrogen) atoms. The number of carbonyl (C=O) groups is 2. The summed E-state index contributed by atoms with van der Waals surface area (Å²) in [5.74, 6) is -0.457. The molecule has 2 amide bonds. The van der Waals surface area contributed by atoms with Crippen molar-refractivity contribution >= 4 is 35.0 Å². The number of para-hydroxylation sites is 2. The summed E-state index contributed by atoms with van der Waals surface area (Å²) >= 11 is 0. The Morgan fingerprint density at radius 2 is 1.75 bits per heavy atom. The van der Waals surface area contributed by atoms with E-state index in [1.807, 2.05) is 36.2 Å². The predicted molar refractivity (Wildman–Crippen MR) is 157 cm³/mol. The van der Waals surface area contributed by atoms with E-state index in [9.17, 15) is 9.59 Å². The van der Waals surface area contributed by atoms with Crippen LogP contribution in [0.4, 0.5) is 17.1 Å². The van der Waals surface area contributed by atoms with Gasteiger partial charge in [0, 0.05) is 37.9 Å². The number of nitrogen functional groups attached to an aromatic ring is 1. The molecule has 1 aliphatic rings. The topological polar surface area (TPSA) is 124 Å². The fourth-order valence-electron chi connectivity index (χ4n) is 4.44. The van der Waals surface area contributed by atoms with Crippen LogP contribution in [0.15, 0.2) is 78.9 Å². The lowest BCUT2D eigenvalue weighted by Gasteiger charge is -2.32. The van der Waals surface area contributed by atoms with E-state index in [0.717, 1.165) is 44.0 Å². The Balaban J connectivity index is 1.46. The highest BCUT2D eigenvalue weighted by atomic mass is 16.5. The van der Waals surface area contributed by atoms with E-state index in [2.05, 4.69) is 21.6 Å². The zero-order chi connectivity index (χ0) is 28.3. The Bertz CT molecular complexity index is 1360. The summed E-state index contributed by atoms with van der Waals surface area (Å²) in [6.07, 6.45) is 3.16. The lowest BCUT2D eigenvalue weighted by Crippen LogP contribution is -2.43. The second kappa shape index (κ2) is 14.1. The number of rotatable bonds is 10. The first kappa shape index (κ1) is 28.5. The third-order valence-corrected chi connectivity index (χ3v) is 6.74. The molecule has 3 aromatic rings. The first-order valence-electron chi connectivity index (χ1n) is 13.2. The average molecular weight is 539 g/mol. The van der Waals surface area contributed by atoms with Crippen molar-refractivity contribution in [2.75, 3.05) is 62.8 Å². The molecule has 0 aromatic heterocycles. The molecule has 0 aliphatic carbocycles. The molecule has 9 nitrogen and oxygen atoms in total. The van der Waals surface area contributed by atoms with E-state index in [1.165, 1.54) is 6.08 Å². The van der Waals surface area contributed by atoms with Crippen molar-refractivity contribution in [3.63, 3.8) is 0 Å². The Kier molecular flexibility index (Phi) is 10.0. The van der Waals surface area contributed by atoms with Gasteiger partial charge in [0.25, 0.3) is 0 Å². The van der Waals surface area contributed by atoms with Crippen LogP contribution >= 0.6 is 0 Å². The summed E-state index contributed by atoms with van der Waals surface area (Å²) in [5, 5.41) is 14.8. The van der Waals surface area contributed by atoms with Crippen molar-refractivity contribution < 1.29 is 14.3 Å². The van der Waals surface area contributed by atoms with Crippen molar-refractivity contribution in [2.24, 2.45) is 0 Å². The molecule has 1 heterocycles. The molecule has 1 unspecified atom stereocenters. The summed E-state index contributed by atoms with van der Waals surface area (Å²) in [7, 11) is 1.94. The van der Waals surface area contributed by atoms with Gasteiger partial charge in [-0.25, -0.2) is 0 Å². The minimum Gasteiger partial charge on any atom is -0.397 e. The first-order valence-corrected chi connectivity index (χ1v) is 13.2. The number of likely N-dealkylation sites (N-methyl/N-ethyl adjacent to an activating group) is 1. The third kappa shape index (κ3) is 8.01. The van der Waals surface area contributed by atoms with Crippen LogP contribution in [0.1, 0.15) is 22.7 Å². The first-order chi connectivity index (χ1) is 19.4. The molecular formula is C31H34N6O3. The Morgan fingerprint density at radius 3 is 2.42 bits per heavy atom. The highest BCUT2D eigenvalue weighted by Gasteiger charge is 2.26. The summed E-state index contributed by atoms with van der Waals surface area (Å²) in [4.78, 5) is 30.3. The molecule has 4 rings (SSSR count). The zero-order valence-corrected chi connectivity index (χ0v) is 22.5. The van der Waals surface area contributed by atoms with Gasteiger partial charge >= 0.3 is 0 Å². The largest absolute Gasteiger partial charge is 0.397 e. The van der Waals surface area contributed by atoms with Gasteiger partial charge in [0.2, 0.25) is 11.8 Å². The van der Waals surface area contributed by atoms with Gasteiger partial charge in [0.1, 0.15) is 6.04 Å². The van der Waals surface area contributed by atoms with E-state index < -0.39 is 6.04 Å². The van der Waals surface area contributed by atoms with E-state index in [4.69, 9.17) is 15.7 Å². The number of hydrogen-bond donors (Lipinski definition) is 3. The SMILES string of the molecule is CN(CCN1CCOCC1)C(C(=O)Nc1ccc(C#N)cc1)c1ccc(C=CC(=O)Nc2ccccc2N)cc1. The van der Waals surface area contributed by atoms with Crippen molar-refractivity contribution in [1.29, 1.82) is 5.26 Å². The molecule has 0 radical (unpaired) electrons. The smallest absolute Gasteiger partial charge is 0.248 e. The van der Waals surface area contributed by atoms with Gasteiger partial charge in [-0.1, -0.05) is 36.4 Å². The van der Waals surface area contributed by atoms with Crippen LogP contribution in [0.3, 0.4) is 0 Å². The highest BCUT2D eigenvalue weighted by molar-refractivity contribution is 6.03. The molecule has 4 N–H and O–H groups in total. The van der Waals surface area contributed by atoms with Gasteiger partial charge in [-0.15, -0.1) is 0 Å². The van der Waals surface area contributed by atoms with Crippen molar-refractivity contribution in [3.05, 3.63) is 95.6 Å². The van der Waals surface area contributed by atoms with Crippen LogP contribution in [-0.4, -0.2) is 68.1 Å². The van der Waals surface area contributed by atoms with Gasteiger partial charge in [-0.3, -0.25) is 19.4 Å². The summed E-state index contributed by atoms with van der Waals surface area (Å²) in [5.41, 5.74) is 9.76. The van der Waals surface area contributed by atoms with Crippen molar-refractivity contribution in [3.8, 4) is 6.07 Å². The molecule has 3 aromatic carbocycles. The number of carbonyl (C=O) groups excluding carboxylic acids is 2. The second-order valence-corrected chi connectivity index (χ2v) is 9.59. The number of morpholine rings is 1. The molecule has 0 spiro atoms. The Hall–Kier alpha value is -4.49. The minimum atomic E-state index is -0.543. The third-order valence-electron chi connectivity index (χ3n) is 6.74. The van der Waals surface area contributed by atoms with E-state index in [0.29, 0.717) is 29.2 Å². The maximum Gasteiger partial charge on any atom is 0.248 e. The van der Waals surface area contributed by atoms with Crippen LogP contribution in [0.5, 0.6) is 0 Å². The average Bonchev–Trinajstić information content (AvgIpc) is 2.98.